The third kappa shape index (κ3) is 3.69. The van der Waals surface area contributed by atoms with E-state index in [0.29, 0.717) is 5.69 Å². The van der Waals surface area contributed by atoms with Crippen LogP contribution in [-0.4, -0.2) is 17.6 Å². The van der Waals surface area contributed by atoms with Crippen LogP contribution in [0, 0.1) is 0 Å². The van der Waals surface area contributed by atoms with Gasteiger partial charge in [-0.1, -0.05) is 48.5 Å². The first-order chi connectivity index (χ1) is 10.1. The van der Waals surface area contributed by atoms with Gasteiger partial charge in [0.15, 0.2) is 17.6 Å². The van der Waals surface area contributed by atoms with Gasteiger partial charge in [-0.05, 0) is 25.5 Å². The van der Waals surface area contributed by atoms with Gasteiger partial charge < -0.3 is 0 Å². The molecule has 0 aliphatic rings. The molecule has 0 radical (unpaired) electrons. The highest BCUT2D eigenvalue weighted by atomic mass is 16.2. The predicted octanol–water partition coefficient (Wildman–Crippen LogP) is 3.98. The molecule has 0 fully saturated rings. The Hall–Kier alpha value is -2.62. The van der Waals surface area contributed by atoms with Crippen LogP contribution in [0.1, 0.15) is 13.8 Å². The number of azo groups is 1. The number of hydrogen-bond acceptors (Lipinski definition) is 4. The van der Waals surface area contributed by atoms with Gasteiger partial charge in [0.25, 0.3) is 0 Å². The summed E-state index contributed by atoms with van der Waals surface area (Å²) >= 11 is 0. The Morgan fingerprint density at radius 2 is 1.43 bits per heavy atom. The van der Waals surface area contributed by atoms with E-state index in [1.165, 1.54) is 13.8 Å². The number of carbonyl (C=O) groups excluding carboxylic acids is 2. The smallest absolute Gasteiger partial charge is 0.187 e. The normalized spacial score (nSPS) is 11.0. The molecular weight excluding hydrogens is 264 g/mol. The van der Waals surface area contributed by atoms with Crippen molar-refractivity contribution in [3.63, 3.8) is 0 Å². The van der Waals surface area contributed by atoms with Gasteiger partial charge in [-0.15, -0.1) is 0 Å². The molecule has 0 unspecified atom stereocenters. The molecular formula is C17H16N2O2. The summed E-state index contributed by atoms with van der Waals surface area (Å²) in [5.74, 6) is -0.605. The minimum Gasteiger partial charge on any atom is -0.297 e. The van der Waals surface area contributed by atoms with E-state index >= 15 is 0 Å². The lowest BCUT2D eigenvalue weighted by Gasteiger charge is -2.06. The molecule has 0 saturated heterocycles. The summed E-state index contributed by atoms with van der Waals surface area (Å²) in [4.78, 5) is 22.8. The lowest BCUT2D eigenvalue weighted by molar-refractivity contribution is -0.126. The number of carbonyl (C=O) groups is 2. The van der Waals surface area contributed by atoms with Gasteiger partial charge in [-0.2, -0.15) is 10.2 Å². The fourth-order valence-corrected chi connectivity index (χ4v) is 1.99. The van der Waals surface area contributed by atoms with Crippen molar-refractivity contribution in [3.05, 3.63) is 54.6 Å². The number of Topliss-reactive ketones (excluding diaryl/α,β-unsaturated/α-hetero) is 2. The molecule has 4 heteroatoms. The highest BCUT2D eigenvalue weighted by molar-refractivity contribution is 6.04. The first-order valence-electron chi connectivity index (χ1n) is 6.66. The average molecular weight is 280 g/mol. The van der Waals surface area contributed by atoms with Crippen LogP contribution in [0.15, 0.2) is 64.8 Å². The molecule has 106 valence electrons. The largest absolute Gasteiger partial charge is 0.297 e. The van der Waals surface area contributed by atoms with Crippen molar-refractivity contribution in [1.29, 1.82) is 0 Å². The molecule has 4 nitrogen and oxygen atoms in total. The van der Waals surface area contributed by atoms with Gasteiger partial charge in [0.1, 0.15) is 0 Å². The molecule has 21 heavy (non-hydrogen) atoms. The summed E-state index contributed by atoms with van der Waals surface area (Å²) < 4.78 is 0. The standard InChI is InChI=1S/C17H16N2O2/c1-12(20)17(13(2)21)19-18-16-11-7-6-10-15(16)14-8-4-3-5-9-14/h3-11,17H,1-2H3. The van der Waals surface area contributed by atoms with Crippen molar-refractivity contribution in [1.82, 2.24) is 0 Å². The molecule has 0 bridgehead atoms. The first-order valence-corrected chi connectivity index (χ1v) is 6.66. The number of ketones is 2. The zero-order valence-corrected chi connectivity index (χ0v) is 12.0. The van der Waals surface area contributed by atoms with Gasteiger partial charge in [0.05, 0.1) is 5.69 Å². The van der Waals surface area contributed by atoms with Crippen LogP contribution < -0.4 is 0 Å². The molecule has 2 aromatic rings. The third-order valence-electron chi connectivity index (χ3n) is 3.04. The van der Waals surface area contributed by atoms with Crippen LogP contribution in [-0.2, 0) is 9.59 Å². The van der Waals surface area contributed by atoms with Crippen LogP contribution >= 0.6 is 0 Å². The molecule has 0 amide bonds. The zero-order chi connectivity index (χ0) is 15.2. The van der Waals surface area contributed by atoms with Gasteiger partial charge in [0.2, 0.25) is 0 Å². The maximum Gasteiger partial charge on any atom is 0.187 e. The number of hydrogen-bond donors (Lipinski definition) is 0. The Balaban J connectivity index is 2.37. The molecule has 2 aromatic carbocycles. The van der Waals surface area contributed by atoms with E-state index in [2.05, 4.69) is 10.2 Å². The summed E-state index contributed by atoms with van der Waals surface area (Å²) in [6.07, 6.45) is 0. The highest BCUT2D eigenvalue weighted by Crippen LogP contribution is 2.30. The van der Waals surface area contributed by atoms with E-state index in [1.807, 2.05) is 54.6 Å². The van der Waals surface area contributed by atoms with E-state index in [-0.39, 0.29) is 11.6 Å². The van der Waals surface area contributed by atoms with E-state index < -0.39 is 6.04 Å². The predicted molar refractivity (Wildman–Crippen MR) is 81.5 cm³/mol. The molecule has 0 N–H and O–H groups in total. The molecule has 0 atom stereocenters. The van der Waals surface area contributed by atoms with Crippen molar-refractivity contribution in [3.8, 4) is 11.1 Å². The highest BCUT2D eigenvalue weighted by Gasteiger charge is 2.18. The molecule has 0 saturated carbocycles. The fraction of sp³-hybridized carbons (Fsp3) is 0.176. The summed E-state index contributed by atoms with van der Waals surface area (Å²) in [7, 11) is 0. The molecule has 0 spiro atoms. The molecule has 0 aliphatic carbocycles. The lowest BCUT2D eigenvalue weighted by Crippen LogP contribution is -2.23. The maximum atomic E-state index is 11.4. The van der Waals surface area contributed by atoms with Gasteiger partial charge in [-0.25, -0.2) is 0 Å². The van der Waals surface area contributed by atoms with E-state index in [9.17, 15) is 9.59 Å². The molecule has 0 aromatic heterocycles. The minimum atomic E-state index is -1.02. The quantitative estimate of drug-likeness (QED) is 0.614. The second kappa shape index (κ2) is 6.70. The minimum absolute atomic E-state index is 0.302. The number of rotatable bonds is 5. The maximum absolute atomic E-state index is 11.4. The lowest BCUT2D eigenvalue weighted by atomic mass is 10.0. The molecule has 2 rings (SSSR count). The topological polar surface area (TPSA) is 58.9 Å². The van der Waals surface area contributed by atoms with Gasteiger partial charge in [-0.3, -0.25) is 9.59 Å². The Morgan fingerprint density at radius 1 is 0.857 bits per heavy atom. The van der Waals surface area contributed by atoms with Crippen LogP contribution in [0.3, 0.4) is 0 Å². The second-order valence-electron chi connectivity index (χ2n) is 4.72. The molecule has 0 heterocycles. The Kier molecular flexibility index (Phi) is 4.72. The van der Waals surface area contributed by atoms with Crippen molar-refractivity contribution in [2.75, 3.05) is 0 Å². The van der Waals surface area contributed by atoms with Gasteiger partial charge in [0, 0.05) is 5.56 Å². The van der Waals surface area contributed by atoms with Crippen LogP contribution in [0.25, 0.3) is 11.1 Å². The zero-order valence-electron chi connectivity index (χ0n) is 12.0. The SMILES string of the molecule is CC(=O)C(N=Nc1ccccc1-c1ccccc1)C(C)=O. The average Bonchev–Trinajstić information content (AvgIpc) is 2.48. The van der Waals surface area contributed by atoms with E-state index in [0.717, 1.165) is 11.1 Å². The van der Waals surface area contributed by atoms with Crippen molar-refractivity contribution in [2.24, 2.45) is 10.2 Å². The molecule has 0 aliphatic heterocycles. The van der Waals surface area contributed by atoms with Crippen molar-refractivity contribution in [2.45, 2.75) is 19.9 Å². The summed E-state index contributed by atoms with van der Waals surface area (Å²) in [5, 5.41) is 8.01. The van der Waals surface area contributed by atoms with E-state index in [1.54, 1.807) is 0 Å². The van der Waals surface area contributed by atoms with E-state index in [4.69, 9.17) is 0 Å². The second-order valence-corrected chi connectivity index (χ2v) is 4.72. The summed E-state index contributed by atoms with van der Waals surface area (Å²) in [5.41, 5.74) is 2.55. The monoisotopic (exact) mass is 280 g/mol. The van der Waals surface area contributed by atoms with Crippen molar-refractivity contribution < 1.29 is 9.59 Å². The fourth-order valence-electron chi connectivity index (χ4n) is 1.99. The van der Waals surface area contributed by atoms with Crippen LogP contribution in [0.4, 0.5) is 5.69 Å². The number of nitrogens with zero attached hydrogens (tertiary/aromatic N) is 2. The van der Waals surface area contributed by atoms with Crippen LogP contribution in [0.2, 0.25) is 0 Å². The summed E-state index contributed by atoms with van der Waals surface area (Å²) in [6, 6.07) is 16.2. The van der Waals surface area contributed by atoms with Crippen LogP contribution in [0.5, 0.6) is 0 Å². The third-order valence-corrected chi connectivity index (χ3v) is 3.04. The Bertz CT molecular complexity index is 664. The van der Waals surface area contributed by atoms with Crippen molar-refractivity contribution >= 4 is 17.3 Å². The first kappa shape index (κ1) is 14.8. The Labute approximate surface area is 123 Å². The summed E-state index contributed by atoms with van der Waals surface area (Å²) in [6.45, 7) is 2.68. The Morgan fingerprint density at radius 3 is 2.05 bits per heavy atom. The van der Waals surface area contributed by atoms with Gasteiger partial charge >= 0.3 is 0 Å². The number of benzene rings is 2.